The van der Waals surface area contributed by atoms with Crippen molar-refractivity contribution in [1.29, 1.82) is 0 Å². The van der Waals surface area contributed by atoms with Crippen molar-refractivity contribution >= 4 is 34.0 Å². The van der Waals surface area contributed by atoms with E-state index in [9.17, 15) is 9.59 Å². The van der Waals surface area contributed by atoms with Crippen LogP contribution >= 0.6 is 0 Å². The molecule has 3 aromatic rings. The molecule has 6 heteroatoms. The number of ether oxygens (including phenoxy) is 2. The van der Waals surface area contributed by atoms with E-state index in [0.717, 1.165) is 10.8 Å². The lowest BCUT2D eigenvalue weighted by Gasteiger charge is -2.18. The third kappa shape index (κ3) is 3.44. The predicted octanol–water partition coefficient (Wildman–Crippen LogP) is 3.19. The van der Waals surface area contributed by atoms with E-state index in [4.69, 9.17) is 9.47 Å². The summed E-state index contributed by atoms with van der Waals surface area (Å²) in [5.74, 6) is 0.696. The molecule has 0 aliphatic carbocycles. The summed E-state index contributed by atoms with van der Waals surface area (Å²) in [5, 5.41) is 7.61. The molecule has 0 radical (unpaired) electrons. The molecule has 0 unspecified atom stereocenters. The Kier molecular flexibility index (Phi) is 4.15. The quantitative estimate of drug-likeness (QED) is 0.759. The molecule has 130 valence electrons. The van der Waals surface area contributed by atoms with Crippen LogP contribution in [0.2, 0.25) is 0 Å². The van der Waals surface area contributed by atoms with Gasteiger partial charge in [0.25, 0.3) is 11.8 Å². The largest absolute Gasteiger partial charge is 0.484 e. The van der Waals surface area contributed by atoms with E-state index in [1.54, 1.807) is 18.2 Å². The van der Waals surface area contributed by atoms with Gasteiger partial charge in [-0.1, -0.05) is 30.3 Å². The summed E-state index contributed by atoms with van der Waals surface area (Å²) in [4.78, 5) is 23.5. The molecule has 4 rings (SSSR count). The Hall–Kier alpha value is -3.54. The summed E-state index contributed by atoms with van der Waals surface area (Å²) in [5.41, 5.74) is 1.09. The number of fused-ring (bicyclic) bond motifs is 2. The molecule has 2 amide bonds. The van der Waals surface area contributed by atoms with Crippen molar-refractivity contribution in [2.24, 2.45) is 0 Å². The Balaban J connectivity index is 1.39. The summed E-state index contributed by atoms with van der Waals surface area (Å²) in [7, 11) is 0. The average Bonchev–Trinajstić information content (AvgIpc) is 2.66. The molecule has 1 aliphatic heterocycles. The summed E-state index contributed by atoms with van der Waals surface area (Å²) in [6.45, 7) is -0.114. The molecule has 26 heavy (non-hydrogen) atoms. The summed E-state index contributed by atoms with van der Waals surface area (Å²) >= 11 is 0. The van der Waals surface area contributed by atoms with Crippen molar-refractivity contribution in [1.82, 2.24) is 0 Å². The van der Waals surface area contributed by atoms with E-state index in [1.807, 2.05) is 42.5 Å². The highest BCUT2D eigenvalue weighted by Crippen LogP contribution is 2.30. The Morgan fingerprint density at radius 3 is 2.81 bits per heavy atom. The molecule has 1 heterocycles. The number of rotatable bonds is 4. The molecule has 2 N–H and O–H groups in total. The van der Waals surface area contributed by atoms with Gasteiger partial charge in [0.15, 0.2) is 13.2 Å². The van der Waals surface area contributed by atoms with Crippen LogP contribution in [0.4, 0.5) is 11.4 Å². The van der Waals surface area contributed by atoms with Crippen LogP contribution in [0.5, 0.6) is 11.5 Å². The number of hydrogen-bond donors (Lipinski definition) is 2. The first-order valence-electron chi connectivity index (χ1n) is 8.15. The van der Waals surface area contributed by atoms with Gasteiger partial charge in [-0.3, -0.25) is 9.59 Å². The molecular weight excluding hydrogens is 332 g/mol. The second-order valence-corrected chi connectivity index (χ2v) is 5.89. The maximum absolute atomic E-state index is 12.1. The Labute approximate surface area is 149 Å². The minimum Gasteiger partial charge on any atom is -0.484 e. The number of anilines is 2. The van der Waals surface area contributed by atoms with Crippen LogP contribution in [-0.2, 0) is 9.59 Å². The molecule has 1 aliphatic rings. The molecule has 3 aromatic carbocycles. The zero-order valence-electron chi connectivity index (χ0n) is 13.8. The van der Waals surface area contributed by atoms with Gasteiger partial charge in [0.1, 0.15) is 11.5 Å². The second kappa shape index (κ2) is 6.76. The first-order chi connectivity index (χ1) is 12.7. The average molecular weight is 348 g/mol. The fourth-order valence-corrected chi connectivity index (χ4v) is 2.76. The zero-order valence-corrected chi connectivity index (χ0v) is 13.8. The fraction of sp³-hybridized carbons (Fsp3) is 0.100. The van der Waals surface area contributed by atoms with Crippen LogP contribution in [0.25, 0.3) is 10.8 Å². The van der Waals surface area contributed by atoms with E-state index < -0.39 is 0 Å². The minimum absolute atomic E-state index is 0.00168. The molecule has 0 bridgehead atoms. The number of carbonyl (C=O) groups excluding carboxylic acids is 2. The molecule has 6 nitrogen and oxygen atoms in total. The van der Waals surface area contributed by atoms with Crippen molar-refractivity contribution in [3.8, 4) is 11.5 Å². The number of benzene rings is 3. The lowest BCUT2D eigenvalue weighted by Crippen LogP contribution is -2.25. The number of hydrogen-bond acceptors (Lipinski definition) is 4. The molecule has 0 spiro atoms. The first kappa shape index (κ1) is 16.0. The van der Waals surface area contributed by atoms with Gasteiger partial charge in [0.2, 0.25) is 0 Å². The van der Waals surface area contributed by atoms with Crippen molar-refractivity contribution < 1.29 is 19.1 Å². The smallest absolute Gasteiger partial charge is 0.262 e. The lowest BCUT2D eigenvalue weighted by molar-refractivity contribution is -0.119. The Morgan fingerprint density at radius 2 is 1.92 bits per heavy atom. The lowest BCUT2D eigenvalue weighted by atomic mass is 10.1. The van der Waals surface area contributed by atoms with Gasteiger partial charge in [0.05, 0.1) is 5.69 Å². The van der Waals surface area contributed by atoms with Crippen LogP contribution in [0.15, 0.2) is 60.7 Å². The maximum Gasteiger partial charge on any atom is 0.262 e. The standard InChI is InChI=1S/C20H16N2O4/c23-19(11-25-16-7-5-13-3-1-2-4-14(13)9-16)21-15-6-8-18-17(10-15)22-20(24)12-26-18/h1-10H,11-12H2,(H,21,23)(H,22,24). The highest BCUT2D eigenvalue weighted by atomic mass is 16.5. The van der Waals surface area contributed by atoms with Crippen molar-refractivity contribution in [2.75, 3.05) is 23.8 Å². The number of amides is 2. The normalized spacial score (nSPS) is 12.7. The summed E-state index contributed by atoms with van der Waals surface area (Å²) in [6, 6.07) is 18.7. The summed E-state index contributed by atoms with van der Waals surface area (Å²) in [6.07, 6.45) is 0. The maximum atomic E-state index is 12.1. The van der Waals surface area contributed by atoms with Gasteiger partial charge in [-0.15, -0.1) is 0 Å². The Morgan fingerprint density at radius 1 is 1.08 bits per heavy atom. The van der Waals surface area contributed by atoms with E-state index in [-0.39, 0.29) is 25.0 Å². The second-order valence-electron chi connectivity index (χ2n) is 5.89. The zero-order chi connectivity index (χ0) is 17.9. The van der Waals surface area contributed by atoms with Crippen LogP contribution in [0.3, 0.4) is 0 Å². The van der Waals surface area contributed by atoms with Gasteiger partial charge in [-0.2, -0.15) is 0 Å². The van der Waals surface area contributed by atoms with Gasteiger partial charge >= 0.3 is 0 Å². The molecule has 0 aromatic heterocycles. The van der Waals surface area contributed by atoms with Gasteiger partial charge < -0.3 is 20.1 Å². The van der Waals surface area contributed by atoms with Crippen molar-refractivity contribution in [2.45, 2.75) is 0 Å². The van der Waals surface area contributed by atoms with E-state index in [2.05, 4.69) is 10.6 Å². The molecule has 0 fully saturated rings. The monoisotopic (exact) mass is 348 g/mol. The summed E-state index contributed by atoms with van der Waals surface area (Å²) < 4.78 is 10.9. The van der Waals surface area contributed by atoms with E-state index in [0.29, 0.717) is 22.9 Å². The third-order valence-corrected chi connectivity index (χ3v) is 3.99. The molecule has 0 saturated heterocycles. The van der Waals surface area contributed by atoms with E-state index in [1.165, 1.54) is 0 Å². The minimum atomic E-state index is -0.291. The number of carbonyl (C=O) groups is 2. The Bertz CT molecular complexity index is 1000. The molecular formula is C20H16N2O4. The van der Waals surface area contributed by atoms with Crippen LogP contribution in [-0.4, -0.2) is 25.0 Å². The van der Waals surface area contributed by atoms with Gasteiger partial charge in [-0.25, -0.2) is 0 Å². The first-order valence-corrected chi connectivity index (χ1v) is 8.15. The van der Waals surface area contributed by atoms with Gasteiger partial charge in [0, 0.05) is 5.69 Å². The molecule has 0 saturated carbocycles. The van der Waals surface area contributed by atoms with Gasteiger partial charge in [-0.05, 0) is 41.1 Å². The molecule has 0 atom stereocenters. The van der Waals surface area contributed by atoms with Crippen LogP contribution < -0.4 is 20.1 Å². The predicted molar refractivity (Wildman–Crippen MR) is 98.6 cm³/mol. The fourth-order valence-electron chi connectivity index (χ4n) is 2.76. The van der Waals surface area contributed by atoms with Crippen LogP contribution in [0, 0.1) is 0 Å². The van der Waals surface area contributed by atoms with Crippen LogP contribution in [0.1, 0.15) is 0 Å². The third-order valence-electron chi connectivity index (χ3n) is 3.99. The topological polar surface area (TPSA) is 76.7 Å². The highest BCUT2D eigenvalue weighted by Gasteiger charge is 2.16. The van der Waals surface area contributed by atoms with Crippen molar-refractivity contribution in [3.05, 3.63) is 60.7 Å². The van der Waals surface area contributed by atoms with Crippen molar-refractivity contribution in [3.63, 3.8) is 0 Å². The number of nitrogens with one attached hydrogen (secondary N) is 2. The highest BCUT2D eigenvalue weighted by molar-refractivity contribution is 5.98. The van der Waals surface area contributed by atoms with E-state index >= 15 is 0 Å². The SMILES string of the molecule is O=C(COc1ccc2ccccc2c1)Nc1ccc2c(c1)NC(=O)CO2.